The Labute approximate surface area is 125 Å². The number of hydrogen-bond donors (Lipinski definition) is 0. The van der Waals surface area contributed by atoms with Gasteiger partial charge in [0.1, 0.15) is 0 Å². The van der Waals surface area contributed by atoms with Gasteiger partial charge in [0.15, 0.2) is 0 Å². The normalized spacial score (nSPS) is 17.9. The van der Waals surface area contributed by atoms with E-state index in [4.69, 9.17) is 11.6 Å². The lowest BCUT2D eigenvalue weighted by molar-refractivity contribution is 0.467. The van der Waals surface area contributed by atoms with E-state index in [1.807, 2.05) is 0 Å². The zero-order valence-corrected chi connectivity index (χ0v) is 12.5. The van der Waals surface area contributed by atoms with Gasteiger partial charge in [0, 0.05) is 19.3 Å². The quantitative estimate of drug-likeness (QED) is 0.835. The van der Waals surface area contributed by atoms with Crippen LogP contribution >= 0.6 is 11.6 Å². The monoisotopic (exact) mass is 286 g/mol. The summed E-state index contributed by atoms with van der Waals surface area (Å²) in [5.74, 6) is 0.680. The highest BCUT2D eigenvalue weighted by Crippen LogP contribution is 2.32. The zero-order chi connectivity index (χ0) is 13.9. The average Bonchev–Trinajstić information content (AvgIpc) is 2.48. The van der Waals surface area contributed by atoms with Gasteiger partial charge in [0.05, 0.1) is 16.4 Å². The number of benzene rings is 1. The number of aromatic nitrogens is 1. The van der Waals surface area contributed by atoms with Crippen molar-refractivity contribution in [1.29, 1.82) is 0 Å². The van der Waals surface area contributed by atoms with Crippen LogP contribution in [0.25, 0.3) is 0 Å². The van der Waals surface area contributed by atoms with E-state index >= 15 is 0 Å². The predicted molar refractivity (Wildman–Crippen MR) is 84.2 cm³/mol. The van der Waals surface area contributed by atoms with E-state index in [0.29, 0.717) is 5.92 Å². The summed E-state index contributed by atoms with van der Waals surface area (Å²) >= 11 is 6.13. The number of anilines is 1. The van der Waals surface area contributed by atoms with Gasteiger partial charge in [-0.2, -0.15) is 0 Å². The van der Waals surface area contributed by atoms with Crippen molar-refractivity contribution in [3.05, 3.63) is 58.9 Å². The Morgan fingerprint density at radius 1 is 1.30 bits per heavy atom. The highest BCUT2D eigenvalue weighted by atomic mass is 35.5. The van der Waals surface area contributed by atoms with Crippen molar-refractivity contribution in [3.8, 4) is 0 Å². The lowest BCUT2D eigenvalue weighted by Gasteiger charge is -2.35. The summed E-state index contributed by atoms with van der Waals surface area (Å²) in [6.45, 7) is 4.26. The maximum Gasteiger partial charge on any atom is 0.0641 e. The molecule has 0 radical (unpaired) electrons. The number of fused-ring (bicyclic) bond motifs is 1. The Morgan fingerprint density at radius 2 is 2.10 bits per heavy atom. The fourth-order valence-electron chi connectivity index (χ4n) is 2.86. The molecule has 2 aromatic rings. The number of rotatable bonds is 3. The molecule has 0 amide bonds. The predicted octanol–water partition coefficient (Wildman–Crippen LogP) is 4.32. The van der Waals surface area contributed by atoms with Crippen LogP contribution in [0.4, 0.5) is 5.69 Å². The number of nitrogens with zero attached hydrogens (tertiary/aromatic N) is 2. The number of halogens is 1. The van der Waals surface area contributed by atoms with Crippen LogP contribution in [0.15, 0.2) is 42.6 Å². The van der Waals surface area contributed by atoms with Crippen LogP contribution in [-0.4, -0.2) is 11.5 Å². The van der Waals surface area contributed by atoms with E-state index in [0.717, 1.165) is 24.5 Å². The molecule has 20 heavy (non-hydrogen) atoms. The maximum absolute atomic E-state index is 6.13. The standard InChI is InChI=1S/C17H19ClN2/c1-2-13-8-16-17(9-15(18)10-19-16)20(11-13)12-14-6-4-3-5-7-14/h3-7,9-10,13H,2,8,11-12H2,1H3. The molecule has 0 spiro atoms. The van der Waals surface area contributed by atoms with Crippen molar-refractivity contribution >= 4 is 17.3 Å². The fraction of sp³-hybridized carbons (Fsp3) is 0.353. The van der Waals surface area contributed by atoms with Crippen molar-refractivity contribution in [1.82, 2.24) is 4.98 Å². The molecule has 0 bridgehead atoms. The molecule has 3 heteroatoms. The summed E-state index contributed by atoms with van der Waals surface area (Å²) in [4.78, 5) is 6.95. The Kier molecular flexibility index (Phi) is 3.93. The van der Waals surface area contributed by atoms with Gasteiger partial charge >= 0.3 is 0 Å². The van der Waals surface area contributed by atoms with Crippen LogP contribution in [0.2, 0.25) is 5.02 Å². The third kappa shape index (κ3) is 2.80. The van der Waals surface area contributed by atoms with Crippen LogP contribution in [0.1, 0.15) is 24.6 Å². The minimum absolute atomic E-state index is 0.680. The van der Waals surface area contributed by atoms with Crippen LogP contribution in [0.5, 0.6) is 0 Å². The first-order chi connectivity index (χ1) is 9.76. The van der Waals surface area contributed by atoms with Crippen LogP contribution < -0.4 is 4.90 Å². The molecule has 1 aliphatic heterocycles. The molecule has 1 aromatic carbocycles. The number of pyridine rings is 1. The molecule has 0 aliphatic carbocycles. The van der Waals surface area contributed by atoms with Gasteiger partial charge < -0.3 is 4.90 Å². The summed E-state index contributed by atoms with van der Waals surface area (Å²) in [6, 6.07) is 12.6. The molecular weight excluding hydrogens is 268 g/mol. The third-order valence-corrected chi connectivity index (χ3v) is 4.22. The second-order valence-corrected chi connectivity index (χ2v) is 5.90. The highest BCUT2D eigenvalue weighted by Gasteiger charge is 2.24. The topological polar surface area (TPSA) is 16.1 Å². The molecule has 0 saturated carbocycles. The molecule has 2 heterocycles. The van der Waals surface area contributed by atoms with Gasteiger partial charge in [-0.25, -0.2) is 0 Å². The fourth-order valence-corrected chi connectivity index (χ4v) is 3.02. The summed E-state index contributed by atoms with van der Waals surface area (Å²) in [6.07, 6.45) is 4.02. The molecule has 3 rings (SSSR count). The summed E-state index contributed by atoms with van der Waals surface area (Å²) in [5.41, 5.74) is 3.71. The van der Waals surface area contributed by atoms with Gasteiger partial charge in [-0.1, -0.05) is 55.3 Å². The Balaban J connectivity index is 1.91. The molecule has 1 atom stereocenters. The zero-order valence-electron chi connectivity index (χ0n) is 11.7. The Bertz CT molecular complexity index is 583. The summed E-state index contributed by atoms with van der Waals surface area (Å²) in [7, 11) is 0. The van der Waals surface area contributed by atoms with Crippen molar-refractivity contribution in [2.75, 3.05) is 11.4 Å². The minimum Gasteiger partial charge on any atom is -0.365 e. The first kappa shape index (κ1) is 13.4. The highest BCUT2D eigenvalue weighted by molar-refractivity contribution is 6.30. The van der Waals surface area contributed by atoms with Crippen LogP contribution in [-0.2, 0) is 13.0 Å². The van der Waals surface area contributed by atoms with E-state index in [1.54, 1.807) is 6.20 Å². The first-order valence-electron chi connectivity index (χ1n) is 7.19. The summed E-state index contributed by atoms with van der Waals surface area (Å²) < 4.78 is 0. The molecule has 0 N–H and O–H groups in total. The van der Waals surface area contributed by atoms with Gasteiger partial charge in [0.2, 0.25) is 0 Å². The smallest absolute Gasteiger partial charge is 0.0641 e. The Hall–Kier alpha value is -1.54. The van der Waals surface area contributed by atoms with Crippen LogP contribution in [0.3, 0.4) is 0 Å². The Morgan fingerprint density at radius 3 is 2.85 bits per heavy atom. The molecule has 0 saturated heterocycles. The lowest BCUT2D eigenvalue weighted by atomic mass is 9.93. The minimum atomic E-state index is 0.680. The van der Waals surface area contributed by atoms with Crippen molar-refractivity contribution in [2.24, 2.45) is 5.92 Å². The molecule has 1 unspecified atom stereocenters. The van der Waals surface area contributed by atoms with Gasteiger partial charge in [-0.05, 0) is 24.0 Å². The first-order valence-corrected chi connectivity index (χ1v) is 7.57. The second kappa shape index (κ2) is 5.84. The summed E-state index contributed by atoms with van der Waals surface area (Å²) in [5, 5.41) is 0.719. The molecule has 0 fully saturated rings. The molecular formula is C17H19ClN2. The van der Waals surface area contributed by atoms with Crippen molar-refractivity contribution in [2.45, 2.75) is 26.3 Å². The van der Waals surface area contributed by atoms with E-state index in [2.05, 4.69) is 53.2 Å². The van der Waals surface area contributed by atoms with E-state index in [-0.39, 0.29) is 0 Å². The molecule has 1 aromatic heterocycles. The second-order valence-electron chi connectivity index (χ2n) is 5.46. The van der Waals surface area contributed by atoms with Gasteiger partial charge in [-0.15, -0.1) is 0 Å². The molecule has 1 aliphatic rings. The average molecular weight is 287 g/mol. The third-order valence-electron chi connectivity index (χ3n) is 4.01. The van der Waals surface area contributed by atoms with Gasteiger partial charge in [0.25, 0.3) is 0 Å². The SMILES string of the molecule is CCC1Cc2ncc(Cl)cc2N(Cc2ccccc2)C1. The molecule has 2 nitrogen and oxygen atoms in total. The van der Waals surface area contributed by atoms with E-state index < -0.39 is 0 Å². The molecule has 104 valence electrons. The van der Waals surface area contributed by atoms with Crippen LogP contribution in [0, 0.1) is 5.92 Å². The number of hydrogen-bond acceptors (Lipinski definition) is 2. The van der Waals surface area contributed by atoms with Gasteiger partial charge in [-0.3, -0.25) is 4.98 Å². The van der Waals surface area contributed by atoms with E-state index in [9.17, 15) is 0 Å². The largest absolute Gasteiger partial charge is 0.365 e. The van der Waals surface area contributed by atoms with Crippen molar-refractivity contribution in [3.63, 3.8) is 0 Å². The van der Waals surface area contributed by atoms with Crippen molar-refractivity contribution < 1.29 is 0 Å². The lowest BCUT2D eigenvalue weighted by Crippen LogP contribution is -2.35. The maximum atomic E-state index is 6.13. The van der Waals surface area contributed by atoms with E-state index in [1.165, 1.54) is 23.4 Å².